The summed E-state index contributed by atoms with van der Waals surface area (Å²) in [5.74, 6) is 1.29. The van der Waals surface area contributed by atoms with Gasteiger partial charge < -0.3 is 5.43 Å². The summed E-state index contributed by atoms with van der Waals surface area (Å²) in [6.45, 7) is 5.06. The van der Waals surface area contributed by atoms with Crippen LogP contribution in [-0.2, 0) is 6.54 Å². The highest BCUT2D eigenvalue weighted by Crippen LogP contribution is 2.16. The number of pyridine rings is 1. The van der Waals surface area contributed by atoms with Gasteiger partial charge >= 0.3 is 0 Å². The van der Waals surface area contributed by atoms with E-state index in [2.05, 4.69) is 58.7 Å². The van der Waals surface area contributed by atoms with Gasteiger partial charge in [0, 0.05) is 18.0 Å². The zero-order valence-electron chi connectivity index (χ0n) is 13.2. The highest BCUT2D eigenvalue weighted by atomic mass is 32.1. The summed E-state index contributed by atoms with van der Waals surface area (Å²) in [6, 6.07) is 12.4. The SMILES string of the molecule is CC(C)c1ccc(CNn2c(-c3ccncc3)n[nH]c2=S)cc1. The van der Waals surface area contributed by atoms with Crippen LogP contribution in [0.25, 0.3) is 11.4 Å². The molecule has 1 aromatic carbocycles. The predicted molar refractivity (Wildman–Crippen MR) is 94.2 cm³/mol. The van der Waals surface area contributed by atoms with Crippen molar-refractivity contribution in [1.29, 1.82) is 0 Å². The van der Waals surface area contributed by atoms with Crippen molar-refractivity contribution in [3.8, 4) is 11.4 Å². The van der Waals surface area contributed by atoms with E-state index in [9.17, 15) is 0 Å². The summed E-state index contributed by atoms with van der Waals surface area (Å²) in [7, 11) is 0. The number of hydrogen-bond donors (Lipinski definition) is 2. The van der Waals surface area contributed by atoms with Crippen molar-refractivity contribution in [1.82, 2.24) is 19.9 Å². The van der Waals surface area contributed by atoms with E-state index in [-0.39, 0.29) is 0 Å². The van der Waals surface area contributed by atoms with Crippen molar-refractivity contribution < 1.29 is 0 Å². The molecule has 0 saturated carbocycles. The van der Waals surface area contributed by atoms with E-state index >= 15 is 0 Å². The third kappa shape index (κ3) is 3.48. The van der Waals surface area contributed by atoms with Gasteiger partial charge in [0.25, 0.3) is 0 Å². The molecule has 118 valence electrons. The smallest absolute Gasteiger partial charge is 0.214 e. The van der Waals surface area contributed by atoms with E-state index in [0.717, 1.165) is 11.4 Å². The molecule has 5 nitrogen and oxygen atoms in total. The normalized spacial score (nSPS) is 10.9. The quantitative estimate of drug-likeness (QED) is 0.699. The Bertz CT molecular complexity index is 818. The topological polar surface area (TPSA) is 58.5 Å². The van der Waals surface area contributed by atoms with E-state index in [1.165, 1.54) is 11.1 Å². The Morgan fingerprint density at radius 2 is 1.83 bits per heavy atom. The molecule has 2 N–H and O–H groups in total. The molecule has 0 fully saturated rings. The van der Waals surface area contributed by atoms with Crippen molar-refractivity contribution in [2.24, 2.45) is 0 Å². The maximum atomic E-state index is 5.31. The van der Waals surface area contributed by atoms with Gasteiger partial charge in [0.2, 0.25) is 4.77 Å². The Labute approximate surface area is 140 Å². The van der Waals surface area contributed by atoms with Crippen molar-refractivity contribution in [2.75, 3.05) is 5.43 Å². The molecule has 3 aromatic rings. The first-order chi connectivity index (χ1) is 11.1. The number of nitrogens with zero attached hydrogens (tertiary/aromatic N) is 3. The number of nitrogens with one attached hydrogen (secondary N) is 2. The van der Waals surface area contributed by atoms with Crippen LogP contribution in [0.4, 0.5) is 0 Å². The fourth-order valence-electron chi connectivity index (χ4n) is 2.33. The molecule has 0 amide bonds. The Kier molecular flexibility index (Phi) is 4.52. The lowest BCUT2D eigenvalue weighted by atomic mass is 10.0. The Morgan fingerprint density at radius 1 is 1.13 bits per heavy atom. The van der Waals surface area contributed by atoms with Crippen LogP contribution < -0.4 is 5.43 Å². The Morgan fingerprint density at radius 3 is 2.48 bits per heavy atom. The van der Waals surface area contributed by atoms with Crippen LogP contribution in [0.1, 0.15) is 30.9 Å². The van der Waals surface area contributed by atoms with E-state index in [1.54, 1.807) is 17.1 Å². The molecule has 2 heterocycles. The van der Waals surface area contributed by atoms with E-state index in [1.807, 2.05) is 12.1 Å². The number of rotatable bonds is 5. The molecule has 6 heteroatoms. The zero-order valence-corrected chi connectivity index (χ0v) is 14.0. The molecule has 0 aliphatic heterocycles. The van der Waals surface area contributed by atoms with Crippen LogP contribution in [0.3, 0.4) is 0 Å². The van der Waals surface area contributed by atoms with E-state index in [0.29, 0.717) is 17.2 Å². The minimum atomic E-state index is 0.538. The van der Waals surface area contributed by atoms with Crippen molar-refractivity contribution in [3.05, 3.63) is 64.7 Å². The van der Waals surface area contributed by atoms with Crippen LogP contribution in [0.15, 0.2) is 48.8 Å². The van der Waals surface area contributed by atoms with Crippen molar-refractivity contribution in [2.45, 2.75) is 26.3 Å². The summed E-state index contributed by atoms with van der Waals surface area (Å²) in [5, 5.41) is 7.12. The van der Waals surface area contributed by atoms with E-state index < -0.39 is 0 Å². The van der Waals surface area contributed by atoms with Crippen molar-refractivity contribution in [3.63, 3.8) is 0 Å². The molecule has 0 unspecified atom stereocenters. The van der Waals surface area contributed by atoms with Gasteiger partial charge in [-0.25, -0.2) is 9.77 Å². The van der Waals surface area contributed by atoms with Crippen LogP contribution in [0.5, 0.6) is 0 Å². The largest absolute Gasteiger partial charge is 0.317 e. The molecule has 0 bridgehead atoms. The predicted octanol–water partition coefficient (Wildman–Crippen LogP) is 3.87. The first kappa shape index (κ1) is 15.4. The maximum Gasteiger partial charge on any atom is 0.214 e. The van der Waals surface area contributed by atoms with Gasteiger partial charge in [-0.2, -0.15) is 5.10 Å². The third-order valence-corrected chi connectivity index (χ3v) is 3.97. The zero-order chi connectivity index (χ0) is 16.2. The van der Waals surface area contributed by atoms with Gasteiger partial charge in [0.1, 0.15) is 0 Å². The van der Waals surface area contributed by atoms with Crippen LogP contribution in [0.2, 0.25) is 0 Å². The Balaban J connectivity index is 1.79. The number of aromatic amines is 1. The summed E-state index contributed by atoms with van der Waals surface area (Å²) in [4.78, 5) is 4.03. The first-order valence-electron chi connectivity index (χ1n) is 7.55. The van der Waals surface area contributed by atoms with Crippen LogP contribution in [-0.4, -0.2) is 19.9 Å². The first-order valence-corrected chi connectivity index (χ1v) is 7.96. The monoisotopic (exact) mass is 325 g/mol. The molecule has 0 atom stereocenters. The average molecular weight is 325 g/mol. The van der Waals surface area contributed by atoms with Gasteiger partial charge in [0.05, 0.1) is 6.54 Å². The minimum absolute atomic E-state index is 0.538. The fraction of sp³-hybridized carbons (Fsp3) is 0.235. The van der Waals surface area contributed by atoms with Gasteiger partial charge in [-0.15, -0.1) is 0 Å². The lowest BCUT2D eigenvalue weighted by Gasteiger charge is -2.11. The lowest BCUT2D eigenvalue weighted by Crippen LogP contribution is -2.16. The van der Waals surface area contributed by atoms with Crippen LogP contribution in [0, 0.1) is 4.77 Å². The molecule has 3 rings (SSSR count). The second-order valence-corrected chi connectivity index (χ2v) is 6.04. The molecule has 23 heavy (non-hydrogen) atoms. The summed E-state index contributed by atoms with van der Waals surface area (Å²) < 4.78 is 2.33. The third-order valence-electron chi connectivity index (χ3n) is 3.70. The number of H-pyrrole nitrogens is 1. The molecule has 0 spiro atoms. The van der Waals surface area contributed by atoms with Gasteiger partial charge in [0.15, 0.2) is 5.82 Å². The average Bonchev–Trinajstić information content (AvgIpc) is 2.95. The maximum absolute atomic E-state index is 5.31. The molecule has 0 aliphatic rings. The molecular weight excluding hydrogens is 306 g/mol. The molecular formula is C17H19N5S. The molecule has 0 radical (unpaired) electrons. The molecule has 0 saturated heterocycles. The Hall–Kier alpha value is -2.47. The summed E-state index contributed by atoms with van der Waals surface area (Å²) >= 11 is 5.31. The number of benzene rings is 1. The second kappa shape index (κ2) is 6.75. The van der Waals surface area contributed by atoms with Gasteiger partial charge in [-0.05, 0) is 41.4 Å². The number of aromatic nitrogens is 4. The molecule has 2 aromatic heterocycles. The van der Waals surface area contributed by atoms with Gasteiger partial charge in [-0.1, -0.05) is 38.1 Å². The highest BCUT2D eigenvalue weighted by molar-refractivity contribution is 7.71. The molecule has 0 aliphatic carbocycles. The summed E-state index contributed by atoms with van der Waals surface area (Å²) in [6.07, 6.45) is 3.48. The lowest BCUT2D eigenvalue weighted by molar-refractivity contribution is 0.827. The number of hydrogen-bond acceptors (Lipinski definition) is 4. The van der Waals surface area contributed by atoms with E-state index in [4.69, 9.17) is 12.2 Å². The van der Waals surface area contributed by atoms with Gasteiger partial charge in [-0.3, -0.25) is 4.98 Å². The standard InChI is InChI=1S/C17H19N5S/c1-12(2)14-5-3-13(4-6-14)11-19-22-16(20-21-17(22)23)15-7-9-18-10-8-15/h3-10,12,19H,11H2,1-2H3,(H,21,23). The highest BCUT2D eigenvalue weighted by Gasteiger charge is 2.08. The minimum Gasteiger partial charge on any atom is -0.317 e. The van der Waals surface area contributed by atoms with Crippen molar-refractivity contribution >= 4 is 12.2 Å². The fourth-order valence-corrected chi connectivity index (χ4v) is 2.53. The second-order valence-electron chi connectivity index (χ2n) is 5.65. The summed E-state index contributed by atoms with van der Waals surface area (Å²) in [5.41, 5.74) is 6.81. The van der Waals surface area contributed by atoms with Crippen LogP contribution >= 0.6 is 12.2 Å².